The van der Waals surface area contributed by atoms with Crippen molar-refractivity contribution in [2.45, 2.75) is 40.2 Å². The Morgan fingerprint density at radius 1 is 1.26 bits per heavy atom. The number of amides is 1. The van der Waals surface area contributed by atoms with Crippen LogP contribution in [0.2, 0.25) is 0 Å². The van der Waals surface area contributed by atoms with Gasteiger partial charge in [0.1, 0.15) is 0 Å². The maximum Gasteiger partial charge on any atom is 0.251 e. The zero-order valence-electron chi connectivity index (χ0n) is 14.6. The van der Waals surface area contributed by atoms with Gasteiger partial charge < -0.3 is 20.1 Å². The van der Waals surface area contributed by atoms with Crippen molar-refractivity contribution in [2.24, 2.45) is 5.41 Å². The van der Waals surface area contributed by atoms with Crippen LogP contribution < -0.4 is 20.1 Å². The Kier molecular flexibility index (Phi) is 5.88. The Hall–Kier alpha value is -1.75. The standard InChI is InChI=1S/C18H28N2O3/c1-5-22-14-8-7-13(11-15(14)23-6-2)17(21)20-16-9-10-19-12-18(16,3)4/h7-8,11,16,19H,5-6,9-10,12H2,1-4H3,(H,20,21). The van der Waals surface area contributed by atoms with Gasteiger partial charge in [0.25, 0.3) is 5.91 Å². The molecule has 23 heavy (non-hydrogen) atoms. The monoisotopic (exact) mass is 320 g/mol. The lowest BCUT2D eigenvalue weighted by Crippen LogP contribution is -2.54. The van der Waals surface area contributed by atoms with Gasteiger partial charge in [-0.05, 0) is 50.4 Å². The van der Waals surface area contributed by atoms with Crippen LogP contribution in [-0.4, -0.2) is 38.3 Å². The molecule has 5 nitrogen and oxygen atoms in total. The van der Waals surface area contributed by atoms with E-state index in [2.05, 4.69) is 24.5 Å². The predicted molar refractivity (Wildman–Crippen MR) is 91.3 cm³/mol. The van der Waals surface area contributed by atoms with Gasteiger partial charge in [-0.15, -0.1) is 0 Å². The molecule has 1 amide bonds. The van der Waals surface area contributed by atoms with Gasteiger partial charge in [0.15, 0.2) is 11.5 Å². The summed E-state index contributed by atoms with van der Waals surface area (Å²) in [6.45, 7) is 11.1. The molecule has 1 aliphatic heterocycles. The second kappa shape index (κ2) is 7.68. The molecule has 1 unspecified atom stereocenters. The van der Waals surface area contributed by atoms with E-state index in [0.717, 1.165) is 19.5 Å². The highest BCUT2D eigenvalue weighted by molar-refractivity contribution is 5.95. The summed E-state index contributed by atoms with van der Waals surface area (Å²) in [6, 6.07) is 5.52. The van der Waals surface area contributed by atoms with E-state index in [9.17, 15) is 4.79 Å². The fraction of sp³-hybridized carbons (Fsp3) is 0.611. The lowest BCUT2D eigenvalue weighted by atomic mass is 9.80. The van der Waals surface area contributed by atoms with Gasteiger partial charge in [0.05, 0.1) is 13.2 Å². The number of hydrogen-bond acceptors (Lipinski definition) is 4. The van der Waals surface area contributed by atoms with Gasteiger partial charge in [-0.2, -0.15) is 0 Å². The number of piperidine rings is 1. The van der Waals surface area contributed by atoms with Gasteiger partial charge in [0.2, 0.25) is 0 Å². The third-order valence-electron chi connectivity index (χ3n) is 4.24. The summed E-state index contributed by atoms with van der Waals surface area (Å²) in [5, 5.41) is 6.55. The van der Waals surface area contributed by atoms with Crippen molar-refractivity contribution in [1.82, 2.24) is 10.6 Å². The summed E-state index contributed by atoms with van der Waals surface area (Å²) in [6.07, 6.45) is 0.939. The lowest BCUT2D eigenvalue weighted by Gasteiger charge is -2.39. The largest absolute Gasteiger partial charge is 0.490 e. The number of rotatable bonds is 6. The molecule has 1 aliphatic rings. The van der Waals surface area contributed by atoms with Crippen molar-refractivity contribution in [3.8, 4) is 11.5 Å². The van der Waals surface area contributed by atoms with E-state index in [0.29, 0.717) is 30.3 Å². The summed E-state index contributed by atoms with van der Waals surface area (Å²) in [5.41, 5.74) is 0.647. The number of carbonyl (C=O) groups excluding carboxylic acids is 1. The minimum atomic E-state index is -0.0611. The summed E-state index contributed by atoms with van der Waals surface area (Å²) in [5.74, 6) is 1.23. The van der Waals surface area contributed by atoms with Crippen molar-refractivity contribution >= 4 is 5.91 Å². The summed E-state index contributed by atoms with van der Waals surface area (Å²) in [7, 11) is 0. The van der Waals surface area contributed by atoms with E-state index in [4.69, 9.17) is 9.47 Å². The van der Waals surface area contributed by atoms with E-state index >= 15 is 0 Å². The maximum absolute atomic E-state index is 12.6. The highest BCUT2D eigenvalue weighted by atomic mass is 16.5. The molecular formula is C18H28N2O3. The molecule has 2 N–H and O–H groups in total. The topological polar surface area (TPSA) is 59.6 Å². The molecule has 2 rings (SSSR count). The van der Waals surface area contributed by atoms with Crippen molar-refractivity contribution in [2.75, 3.05) is 26.3 Å². The van der Waals surface area contributed by atoms with Gasteiger partial charge in [-0.3, -0.25) is 4.79 Å². The fourth-order valence-corrected chi connectivity index (χ4v) is 2.87. The second-order valence-corrected chi connectivity index (χ2v) is 6.51. The Labute approximate surface area is 138 Å². The third-order valence-corrected chi connectivity index (χ3v) is 4.24. The van der Waals surface area contributed by atoms with Gasteiger partial charge in [0, 0.05) is 18.2 Å². The van der Waals surface area contributed by atoms with Crippen LogP contribution in [-0.2, 0) is 0 Å². The van der Waals surface area contributed by atoms with Crippen LogP contribution >= 0.6 is 0 Å². The van der Waals surface area contributed by atoms with Crippen LogP contribution in [0.15, 0.2) is 18.2 Å². The molecule has 1 fully saturated rings. The molecule has 0 aliphatic carbocycles. The normalized spacial score (nSPS) is 19.9. The smallest absolute Gasteiger partial charge is 0.251 e. The summed E-state index contributed by atoms with van der Waals surface area (Å²) < 4.78 is 11.1. The average molecular weight is 320 g/mol. The van der Waals surface area contributed by atoms with Crippen LogP contribution in [0.25, 0.3) is 0 Å². The highest BCUT2D eigenvalue weighted by Gasteiger charge is 2.33. The van der Waals surface area contributed by atoms with Crippen molar-refractivity contribution in [1.29, 1.82) is 0 Å². The number of hydrogen-bond donors (Lipinski definition) is 2. The van der Waals surface area contributed by atoms with E-state index in [1.165, 1.54) is 0 Å². The van der Waals surface area contributed by atoms with Crippen LogP contribution in [0.4, 0.5) is 0 Å². The average Bonchev–Trinajstić information content (AvgIpc) is 2.51. The molecule has 1 atom stereocenters. The molecule has 128 valence electrons. The van der Waals surface area contributed by atoms with Crippen molar-refractivity contribution in [3.63, 3.8) is 0 Å². The first-order valence-corrected chi connectivity index (χ1v) is 8.39. The molecule has 1 aromatic carbocycles. The number of nitrogens with one attached hydrogen (secondary N) is 2. The quantitative estimate of drug-likeness (QED) is 0.846. The first-order valence-electron chi connectivity index (χ1n) is 8.39. The van der Waals surface area contributed by atoms with Crippen molar-refractivity contribution < 1.29 is 14.3 Å². The zero-order valence-corrected chi connectivity index (χ0v) is 14.6. The lowest BCUT2D eigenvalue weighted by molar-refractivity contribution is 0.0868. The van der Waals surface area contributed by atoms with Gasteiger partial charge in [-0.25, -0.2) is 0 Å². The molecule has 1 aromatic rings. The van der Waals surface area contributed by atoms with Gasteiger partial charge in [-0.1, -0.05) is 13.8 Å². The van der Waals surface area contributed by atoms with E-state index in [-0.39, 0.29) is 17.4 Å². The predicted octanol–water partition coefficient (Wildman–Crippen LogP) is 2.60. The molecule has 5 heteroatoms. The molecule has 0 saturated carbocycles. The minimum Gasteiger partial charge on any atom is -0.490 e. The van der Waals surface area contributed by atoms with Crippen LogP contribution in [0, 0.1) is 5.41 Å². The molecule has 0 spiro atoms. The molecule has 1 heterocycles. The van der Waals surface area contributed by atoms with E-state index in [1.54, 1.807) is 18.2 Å². The summed E-state index contributed by atoms with van der Waals surface area (Å²) >= 11 is 0. The Morgan fingerprint density at radius 2 is 1.96 bits per heavy atom. The van der Waals surface area contributed by atoms with Gasteiger partial charge >= 0.3 is 0 Å². The fourth-order valence-electron chi connectivity index (χ4n) is 2.87. The Bertz CT molecular complexity index is 543. The van der Waals surface area contributed by atoms with Crippen LogP contribution in [0.5, 0.6) is 11.5 Å². The SMILES string of the molecule is CCOc1ccc(C(=O)NC2CCNCC2(C)C)cc1OCC. The number of ether oxygens (including phenoxy) is 2. The molecule has 1 saturated heterocycles. The Morgan fingerprint density at radius 3 is 2.61 bits per heavy atom. The highest BCUT2D eigenvalue weighted by Crippen LogP contribution is 2.29. The minimum absolute atomic E-state index is 0.0436. The van der Waals surface area contributed by atoms with Crippen LogP contribution in [0.3, 0.4) is 0 Å². The third kappa shape index (κ3) is 4.38. The second-order valence-electron chi connectivity index (χ2n) is 6.51. The van der Waals surface area contributed by atoms with Crippen LogP contribution in [0.1, 0.15) is 44.5 Å². The number of carbonyl (C=O) groups is 1. The first-order chi connectivity index (χ1) is 11.0. The number of benzene rings is 1. The summed E-state index contributed by atoms with van der Waals surface area (Å²) in [4.78, 5) is 12.6. The molecule has 0 radical (unpaired) electrons. The molecule has 0 aromatic heterocycles. The first kappa shape index (κ1) is 17.6. The van der Waals surface area contributed by atoms with Crippen molar-refractivity contribution in [3.05, 3.63) is 23.8 Å². The van der Waals surface area contributed by atoms with E-state index in [1.807, 2.05) is 13.8 Å². The van der Waals surface area contributed by atoms with E-state index < -0.39 is 0 Å². The zero-order chi connectivity index (χ0) is 16.9. The maximum atomic E-state index is 12.6. The molecular weight excluding hydrogens is 292 g/mol. The Balaban J connectivity index is 2.13. The molecule has 0 bridgehead atoms.